The number of amides is 1. The van der Waals surface area contributed by atoms with Crippen LogP contribution in [0.4, 0.5) is 5.69 Å². The van der Waals surface area contributed by atoms with Crippen LogP contribution in [-0.4, -0.2) is 16.8 Å². The number of benzene rings is 3. The molecule has 1 amide bonds. The quantitative estimate of drug-likeness (QED) is 0.332. The number of hydrogen-bond donors (Lipinski definition) is 1. The third-order valence-electron chi connectivity index (χ3n) is 4.97. The summed E-state index contributed by atoms with van der Waals surface area (Å²) in [7, 11) is 0. The van der Waals surface area contributed by atoms with Crippen LogP contribution in [0.1, 0.15) is 22.7 Å². The number of carbonyl (C=O) groups is 2. The summed E-state index contributed by atoms with van der Waals surface area (Å²) in [6.45, 7) is 1.97. The molecule has 1 N–H and O–H groups in total. The van der Waals surface area contributed by atoms with Crippen molar-refractivity contribution in [3.05, 3.63) is 106 Å². The second kappa shape index (κ2) is 7.68. The molecule has 0 aliphatic carbocycles. The molecule has 4 rings (SSSR count). The minimum atomic E-state index is -0.717. The highest BCUT2D eigenvalue weighted by Crippen LogP contribution is 2.42. The summed E-state index contributed by atoms with van der Waals surface area (Å²) in [4.78, 5) is 27.5. The number of carbonyl (C=O) groups excluding carboxylic acids is 2. The first-order chi connectivity index (χ1) is 14.0. The van der Waals surface area contributed by atoms with Crippen LogP contribution in [0.3, 0.4) is 0 Å². The van der Waals surface area contributed by atoms with E-state index in [1.807, 2.05) is 49.4 Å². The van der Waals surface area contributed by atoms with E-state index in [0.29, 0.717) is 11.3 Å². The van der Waals surface area contributed by atoms with Gasteiger partial charge < -0.3 is 5.11 Å². The fraction of sp³-hybridized carbons (Fsp3) is 0.0833. The lowest BCUT2D eigenvalue weighted by molar-refractivity contribution is -0.132. The first-order valence-electron chi connectivity index (χ1n) is 9.16. The number of aliphatic hydroxyl groups is 1. The van der Waals surface area contributed by atoms with E-state index in [1.54, 1.807) is 36.4 Å². The second-order valence-corrected chi connectivity index (χ2v) is 7.84. The van der Waals surface area contributed by atoms with Gasteiger partial charge in [0.15, 0.2) is 0 Å². The summed E-state index contributed by atoms with van der Waals surface area (Å²) < 4.78 is 0.794. The van der Waals surface area contributed by atoms with Crippen molar-refractivity contribution in [1.29, 1.82) is 0 Å². The standard InChI is InChI=1S/C24H18BrNO3/c1-15-10-12-16(13-11-15)21-20(22(27)17-6-3-2-4-7-17)23(28)24(29)26(21)19-9-5-8-18(25)14-19/h2-14,21,27H,1H3/b22-20+/t21-/m1/s1. The summed E-state index contributed by atoms with van der Waals surface area (Å²) in [6.07, 6.45) is 0. The average Bonchev–Trinajstić information content (AvgIpc) is 2.99. The summed E-state index contributed by atoms with van der Waals surface area (Å²) in [5.74, 6) is -1.53. The molecule has 1 saturated heterocycles. The number of ketones is 1. The zero-order chi connectivity index (χ0) is 20.5. The highest BCUT2D eigenvalue weighted by molar-refractivity contribution is 9.10. The summed E-state index contributed by atoms with van der Waals surface area (Å²) in [5.41, 5.74) is 2.99. The molecular formula is C24H18BrNO3. The van der Waals surface area contributed by atoms with Gasteiger partial charge in [0.25, 0.3) is 11.7 Å². The first kappa shape index (κ1) is 19.2. The van der Waals surface area contributed by atoms with Gasteiger partial charge in [-0.25, -0.2) is 0 Å². The highest BCUT2D eigenvalue weighted by atomic mass is 79.9. The molecule has 1 heterocycles. The summed E-state index contributed by atoms with van der Waals surface area (Å²) in [5, 5.41) is 11.0. The minimum absolute atomic E-state index is 0.0880. The molecule has 0 aromatic heterocycles. The Balaban J connectivity index is 1.96. The smallest absolute Gasteiger partial charge is 0.300 e. The van der Waals surface area contributed by atoms with Crippen LogP contribution < -0.4 is 4.90 Å². The third-order valence-corrected chi connectivity index (χ3v) is 5.46. The van der Waals surface area contributed by atoms with Gasteiger partial charge in [-0.3, -0.25) is 14.5 Å². The Morgan fingerprint density at radius 3 is 2.28 bits per heavy atom. The number of Topliss-reactive ketones (excluding diaryl/α,β-unsaturated/α-hetero) is 1. The van der Waals surface area contributed by atoms with E-state index in [0.717, 1.165) is 15.6 Å². The van der Waals surface area contributed by atoms with Crippen LogP contribution in [0, 0.1) is 6.92 Å². The molecular weight excluding hydrogens is 430 g/mol. The number of hydrogen-bond acceptors (Lipinski definition) is 3. The van der Waals surface area contributed by atoms with E-state index in [4.69, 9.17) is 0 Å². The minimum Gasteiger partial charge on any atom is -0.507 e. The van der Waals surface area contributed by atoms with E-state index in [-0.39, 0.29) is 11.3 Å². The Kier molecular flexibility index (Phi) is 5.07. The number of aryl methyl sites for hydroxylation is 1. The summed E-state index contributed by atoms with van der Waals surface area (Å²) in [6, 6.07) is 22.9. The van der Waals surface area contributed by atoms with Crippen molar-refractivity contribution in [3.8, 4) is 0 Å². The lowest BCUT2D eigenvalue weighted by Crippen LogP contribution is -2.29. The van der Waals surface area contributed by atoms with Gasteiger partial charge in [0.1, 0.15) is 5.76 Å². The van der Waals surface area contributed by atoms with E-state index < -0.39 is 17.7 Å². The molecule has 29 heavy (non-hydrogen) atoms. The Bertz CT molecular complexity index is 1120. The Hall–Kier alpha value is -3.18. The van der Waals surface area contributed by atoms with Crippen LogP contribution in [0.5, 0.6) is 0 Å². The van der Waals surface area contributed by atoms with E-state index in [1.165, 1.54) is 4.90 Å². The van der Waals surface area contributed by atoms with Gasteiger partial charge in [0.05, 0.1) is 11.6 Å². The second-order valence-electron chi connectivity index (χ2n) is 6.93. The lowest BCUT2D eigenvalue weighted by atomic mass is 9.94. The van der Waals surface area contributed by atoms with E-state index in [2.05, 4.69) is 15.9 Å². The topological polar surface area (TPSA) is 57.6 Å². The normalized spacial score (nSPS) is 18.3. The van der Waals surface area contributed by atoms with Crippen molar-refractivity contribution in [2.75, 3.05) is 4.90 Å². The predicted molar refractivity (Wildman–Crippen MR) is 117 cm³/mol. The van der Waals surface area contributed by atoms with E-state index >= 15 is 0 Å². The highest BCUT2D eigenvalue weighted by Gasteiger charge is 2.46. The molecule has 1 atom stereocenters. The molecule has 1 aliphatic heterocycles. The molecule has 0 unspecified atom stereocenters. The number of aliphatic hydroxyl groups excluding tert-OH is 1. The van der Waals surface area contributed by atoms with Crippen LogP contribution in [-0.2, 0) is 9.59 Å². The molecule has 5 heteroatoms. The first-order valence-corrected chi connectivity index (χ1v) is 9.95. The largest absolute Gasteiger partial charge is 0.507 e. The number of anilines is 1. The Morgan fingerprint density at radius 1 is 0.931 bits per heavy atom. The van der Waals surface area contributed by atoms with Gasteiger partial charge in [-0.2, -0.15) is 0 Å². The van der Waals surface area contributed by atoms with Crippen molar-refractivity contribution in [1.82, 2.24) is 0 Å². The third kappa shape index (κ3) is 3.49. The molecule has 0 bridgehead atoms. The predicted octanol–water partition coefficient (Wildman–Crippen LogP) is 5.38. The van der Waals surface area contributed by atoms with Crippen molar-refractivity contribution < 1.29 is 14.7 Å². The maximum atomic E-state index is 13.0. The van der Waals surface area contributed by atoms with Gasteiger partial charge in [-0.1, -0.05) is 82.2 Å². The van der Waals surface area contributed by atoms with Gasteiger partial charge in [-0.05, 0) is 30.7 Å². The molecule has 0 spiro atoms. The number of nitrogens with zero attached hydrogens (tertiary/aromatic N) is 1. The van der Waals surface area contributed by atoms with Crippen LogP contribution in [0.25, 0.3) is 5.76 Å². The van der Waals surface area contributed by atoms with Crippen LogP contribution in [0.2, 0.25) is 0 Å². The Morgan fingerprint density at radius 2 is 1.62 bits per heavy atom. The average molecular weight is 448 g/mol. The number of halogens is 1. The molecule has 1 aliphatic rings. The van der Waals surface area contributed by atoms with Gasteiger partial charge in [0.2, 0.25) is 0 Å². The van der Waals surface area contributed by atoms with Gasteiger partial charge in [-0.15, -0.1) is 0 Å². The molecule has 4 nitrogen and oxygen atoms in total. The van der Waals surface area contributed by atoms with Crippen LogP contribution in [0.15, 0.2) is 88.9 Å². The molecule has 0 radical (unpaired) electrons. The molecule has 144 valence electrons. The van der Waals surface area contributed by atoms with Gasteiger partial charge >= 0.3 is 0 Å². The lowest BCUT2D eigenvalue weighted by Gasteiger charge is -2.25. The van der Waals surface area contributed by atoms with Gasteiger partial charge in [0, 0.05) is 15.7 Å². The van der Waals surface area contributed by atoms with E-state index in [9.17, 15) is 14.7 Å². The SMILES string of the molecule is Cc1ccc([C@@H]2/C(=C(\O)c3ccccc3)C(=O)C(=O)N2c2cccc(Br)c2)cc1. The Labute approximate surface area is 177 Å². The fourth-order valence-electron chi connectivity index (χ4n) is 3.54. The van der Waals surface area contributed by atoms with Crippen molar-refractivity contribution in [3.63, 3.8) is 0 Å². The fourth-order valence-corrected chi connectivity index (χ4v) is 3.93. The maximum absolute atomic E-state index is 13.0. The molecule has 3 aromatic rings. The van der Waals surface area contributed by atoms with Crippen LogP contribution >= 0.6 is 15.9 Å². The molecule has 1 fully saturated rings. The van der Waals surface area contributed by atoms with Crippen molar-refractivity contribution in [2.24, 2.45) is 0 Å². The zero-order valence-corrected chi connectivity index (χ0v) is 17.3. The zero-order valence-electron chi connectivity index (χ0n) is 15.7. The number of rotatable bonds is 3. The maximum Gasteiger partial charge on any atom is 0.300 e. The van der Waals surface area contributed by atoms with Crippen molar-refractivity contribution >= 4 is 39.1 Å². The monoisotopic (exact) mass is 447 g/mol. The van der Waals surface area contributed by atoms with Crippen molar-refractivity contribution in [2.45, 2.75) is 13.0 Å². The molecule has 3 aromatic carbocycles. The molecule has 0 saturated carbocycles. The summed E-state index contributed by atoms with van der Waals surface area (Å²) >= 11 is 3.43.